The number of nitrogens with zero attached hydrogens (tertiary/aromatic N) is 2. The number of nitrogens with one attached hydrogen (secondary N) is 1. The van der Waals surface area contributed by atoms with Crippen LogP contribution in [-0.4, -0.2) is 29.8 Å². The molecule has 0 saturated carbocycles. The molecule has 106 valence electrons. The summed E-state index contributed by atoms with van der Waals surface area (Å²) in [6.07, 6.45) is 0.799. The zero-order chi connectivity index (χ0) is 14.4. The van der Waals surface area contributed by atoms with Gasteiger partial charge in [-0.1, -0.05) is 24.3 Å². The Morgan fingerprint density at radius 1 is 1.35 bits per heavy atom. The minimum atomic E-state index is -0.272. The Hall–Kier alpha value is -2.15. The van der Waals surface area contributed by atoms with Crippen LogP contribution in [0.15, 0.2) is 24.3 Å². The van der Waals surface area contributed by atoms with Crippen molar-refractivity contribution in [1.29, 1.82) is 0 Å². The second-order valence-electron chi connectivity index (χ2n) is 3.87. The van der Waals surface area contributed by atoms with Gasteiger partial charge in [-0.3, -0.25) is 10.1 Å². The number of ether oxygens (including phenoxy) is 2. The van der Waals surface area contributed by atoms with Crippen molar-refractivity contribution < 1.29 is 14.3 Å². The third-order valence-corrected chi connectivity index (χ3v) is 3.41. The predicted octanol–water partition coefficient (Wildman–Crippen LogP) is 2.13. The maximum Gasteiger partial charge on any atom is 0.264 e. The van der Waals surface area contributed by atoms with Crippen molar-refractivity contribution in [3.8, 4) is 11.5 Å². The topological polar surface area (TPSA) is 73.3 Å². The number of rotatable bonds is 6. The minimum absolute atomic E-state index is 0.0891. The van der Waals surface area contributed by atoms with Crippen LogP contribution in [0.25, 0.3) is 0 Å². The molecule has 1 aromatic heterocycles. The lowest BCUT2D eigenvalue weighted by Crippen LogP contribution is -2.20. The van der Waals surface area contributed by atoms with E-state index in [4.69, 9.17) is 9.47 Å². The molecule has 0 aliphatic carbocycles. The van der Waals surface area contributed by atoms with Crippen molar-refractivity contribution in [1.82, 2.24) is 10.2 Å². The first-order valence-corrected chi connectivity index (χ1v) is 6.92. The third kappa shape index (κ3) is 3.92. The average Bonchev–Trinajstić information content (AvgIpc) is 2.93. The number of anilines is 1. The highest BCUT2D eigenvalue weighted by molar-refractivity contribution is 7.15. The van der Waals surface area contributed by atoms with Crippen LogP contribution >= 0.6 is 11.3 Å². The van der Waals surface area contributed by atoms with Gasteiger partial charge < -0.3 is 9.47 Å². The summed E-state index contributed by atoms with van der Waals surface area (Å²) < 4.78 is 10.5. The molecule has 0 aliphatic heterocycles. The number of aryl methyl sites for hydroxylation is 1. The molecule has 0 fully saturated rings. The van der Waals surface area contributed by atoms with Crippen LogP contribution in [0.4, 0.5) is 5.13 Å². The molecule has 0 spiro atoms. The summed E-state index contributed by atoms with van der Waals surface area (Å²) in [5.41, 5.74) is 0. The van der Waals surface area contributed by atoms with E-state index >= 15 is 0 Å². The molecule has 0 saturated heterocycles. The van der Waals surface area contributed by atoms with Crippen LogP contribution in [0.1, 0.15) is 11.9 Å². The van der Waals surface area contributed by atoms with Crippen LogP contribution in [0.3, 0.4) is 0 Å². The number of carbonyl (C=O) groups excluding carboxylic acids is 1. The molecular formula is C13H15N3O3S. The molecule has 2 rings (SSSR count). The maximum absolute atomic E-state index is 11.7. The number of hydrogen-bond donors (Lipinski definition) is 1. The van der Waals surface area contributed by atoms with Gasteiger partial charge in [-0.05, 0) is 18.6 Å². The van der Waals surface area contributed by atoms with Gasteiger partial charge >= 0.3 is 0 Å². The zero-order valence-electron chi connectivity index (χ0n) is 11.3. The SMILES string of the molecule is CCc1nnc(NC(=O)COc2cccc(OC)c2)s1. The standard InChI is InChI=1S/C13H15N3O3S/c1-3-12-15-16-13(20-12)14-11(17)8-19-10-6-4-5-9(7-10)18-2/h4-7H,3,8H2,1-2H3,(H,14,16,17). The van der Waals surface area contributed by atoms with E-state index in [0.717, 1.165) is 11.4 Å². The lowest BCUT2D eigenvalue weighted by Gasteiger charge is -2.06. The second-order valence-corrected chi connectivity index (χ2v) is 4.93. The van der Waals surface area contributed by atoms with Crippen molar-refractivity contribution in [3.05, 3.63) is 29.3 Å². The molecule has 7 heteroatoms. The number of methoxy groups -OCH3 is 1. The third-order valence-electron chi connectivity index (χ3n) is 2.43. The van der Waals surface area contributed by atoms with Gasteiger partial charge in [0.1, 0.15) is 16.5 Å². The van der Waals surface area contributed by atoms with Crippen molar-refractivity contribution in [2.45, 2.75) is 13.3 Å². The van der Waals surface area contributed by atoms with Crippen LogP contribution in [0.2, 0.25) is 0 Å². The van der Waals surface area contributed by atoms with Crippen molar-refractivity contribution in [2.75, 3.05) is 19.0 Å². The highest BCUT2D eigenvalue weighted by atomic mass is 32.1. The van der Waals surface area contributed by atoms with Gasteiger partial charge in [-0.2, -0.15) is 0 Å². The van der Waals surface area contributed by atoms with E-state index in [0.29, 0.717) is 16.6 Å². The highest BCUT2D eigenvalue weighted by Gasteiger charge is 2.08. The molecule has 0 bridgehead atoms. The highest BCUT2D eigenvalue weighted by Crippen LogP contribution is 2.19. The molecule has 1 amide bonds. The molecular weight excluding hydrogens is 278 g/mol. The van der Waals surface area contributed by atoms with Crippen molar-refractivity contribution in [2.24, 2.45) is 0 Å². The van der Waals surface area contributed by atoms with E-state index in [1.54, 1.807) is 31.4 Å². The van der Waals surface area contributed by atoms with Gasteiger partial charge in [0, 0.05) is 6.07 Å². The van der Waals surface area contributed by atoms with E-state index < -0.39 is 0 Å². The summed E-state index contributed by atoms with van der Waals surface area (Å²) in [6.45, 7) is 1.90. The monoisotopic (exact) mass is 293 g/mol. The Balaban J connectivity index is 1.85. The average molecular weight is 293 g/mol. The molecule has 0 radical (unpaired) electrons. The van der Waals surface area contributed by atoms with Crippen molar-refractivity contribution >= 4 is 22.4 Å². The molecule has 0 unspecified atom stereocenters. The molecule has 2 aromatic rings. The molecule has 1 heterocycles. The largest absolute Gasteiger partial charge is 0.497 e. The molecule has 20 heavy (non-hydrogen) atoms. The van der Waals surface area contributed by atoms with Crippen LogP contribution in [-0.2, 0) is 11.2 Å². The van der Waals surface area contributed by atoms with E-state index in [-0.39, 0.29) is 12.5 Å². The fourth-order valence-electron chi connectivity index (χ4n) is 1.44. The molecule has 0 aliphatic rings. The molecule has 6 nitrogen and oxygen atoms in total. The number of benzene rings is 1. The smallest absolute Gasteiger partial charge is 0.264 e. The zero-order valence-corrected chi connectivity index (χ0v) is 12.1. The van der Waals surface area contributed by atoms with Crippen LogP contribution in [0.5, 0.6) is 11.5 Å². The Morgan fingerprint density at radius 2 is 2.15 bits per heavy atom. The number of amides is 1. The molecule has 1 N–H and O–H groups in total. The van der Waals surface area contributed by atoms with E-state index in [1.807, 2.05) is 6.92 Å². The first-order valence-electron chi connectivity index (χ1n) is 6.10. The number of aromatic nitrogens is 2. The van der Waals surface area contributed by atoms with Crippen LogP contribution in [0, 0.1) is 0 Å². The Kier molecular flexibility index (Phi) is 4.89. The predicted molar refractivity (Wildman–Crippen MR) is 76.4 cm³/mol. The summed E-state index contributed by atoms with van der Waals surface area (Å²) in [7, 11) is 1.58. The van der Waals surface area contributed by atoms with Gasteiger partial charge in [-0.15, -0.1) is 10.2 Å². The van der Waals surface area contributed by atoms with Gasteiger partial charge in [0.2, 0.25) is 5.13 Å². The minimum Gasteiger partial charge on any atom is -0.497 e. The Morgan fingerprint density at radius 3 is 2.85 bits per heavy atom. The summed E-state index contributed by atoms with van der Waals surface area (Å²) >= 11 is 1.36. The first kappa shape index (κ1) is 14.3. The summed E-state index contributed by atoms with van der Waals surface area (Å²) in [5.74, 6) is 0.984. The van der Waals surface area contributed by atoms with Crippen molar-refractivity contribution in [3.63, 3.8) is 0 Å². The van der Waals surface area contributed by atoms with Gasteiger partial charge in [0.05, 0.1) is 7.11 Å². The van der Waals surface area contributed by atoms with Gasteiger partial charge in [-0.25, -0.2) is 0 Å². The van der Waals surface area contributed by atoms with Gasteiger partial charge in [0.25, 0.3) is 5.91 Å². The number of hydrogen-bond acceptors (Lipinski definition) is 6. The summed E-state index contributed by atoms with van der Waals surface area (Å²) in [4.78, 5) is 11.7. The maximum atomic E-state index is 11.7. The normalized spacial score (nSPS) is 10.1. The first-order chi connectivity index (χ1) is 9.71. The fourth-order valence-corrected chi connectivity index (χ4v) is 2.14. The fraction of sp³-hybridized carbons (Fsp3) is 0.308. The van der Waals surface area contributed by atoms with Crippen LogP contribution < -0.4 is 14.8 Å². The lowest BCUT2D eigenvalue weighted by atomic mass is 10.3. The molecule has 0 atom stereocenters. The Labute approximate surface area is 120 Å². The Bertz CT molecular complexity index is 586. The van der Waals surface area contributed by atoms with Gasteiger partial charge in [0.15, 0.2) is 6.61 Å². The molecule has 1 aromatic carbocycles. The van der Waals surface area contributed by atoms with E-state index in [9.17, 15) is 4.79 Å². The quantitative estimate of drug-likeness (QED) is 0.883. The van der Waals surface area contributed by atoms with E-state index in [2.05, 4.69) is 15.5 Å². The summed E-state index contributed by atoms with van der Waals surface area (Å²) in [5, 5.41) is 11.8. The second kappa shape index (κ2) is 6.85. The summed E-state index contributed by atoms with van der Waals surface area (Å²) in [6, 6.07) is 7.08. The number of carbonyl (C=O) groups is 1. The van der Waals surface area contributed by atoms with E-state index in [1.165, 1.54) is 11.3 Å². The lowest BCUT2D eigenvalue weighted by molar-refractivity contribution is -0.118.